The molecule has 0 unspecified atom stereocenters. The number of aromatic nitrogens is 1. The number of nitrogens with zero attached hydrogens (tertiary/aromatic N) is 1. The van der Waals surface area contributed by atoms with Gasteiger partial charge in [-0.25, -0.2) is 0 Å². The van der Waals surface area contributed by atoms with Gasteiger partial charge in [-0.2, -0.15) is 0 Å². The summed E-state index contributed by atoms with van der Waals surface area (Å²) < 4.78 is 10.7. The summed E-state index contributed by atoms with van der Waals surface area (Å²) >= 11 is 0. The minimum Gasteiger partial charge on any atom is -0.489 e. The van der Waals surface area contributed by atoms with Crippen molar-refractivity contribution >= 4 is 0 Å². The minimum absolute atomic E-state index is 0.142. The molecule has 0 spiro atoms. The lowest BCUT2D eigenvalue weighted by atomic mass is 9.92. The van der Waals surface area contributed by atoms with Gasteiger partial charge in [0.15, 0.2) is 0 Å². The highest BCUT2D eigenvalue weighted by Gasteiger charge is 2.28. The van der Waals surface area contributed by atoms with E-state index in [1.807, 2.05) is 26.0 Å². The molecule has 1 aliphatic carbocycles. The molecule has 1 aromatic heterocycles. The molecule has 0 amide bonds. The number of rotatable bonds is 6. The third-order valence-electron chi connectivity index (χ3n) is 3.02. The van der Waals surface area contributed by atoms with E-state index in [1.54, 1.807) is 13.1 Å². The van der Waals surface area contributed by atoms with Crippen LogP contribution in [0, 0.1) is 12.0 Å². The average Bonchev–Trinajstić information content (AvgIpc) is 2.49. The Bertz CT molecular complexity index is 441. The van der Waals surface area contributed by atoms with Crippen molar-refractivity contribution in [2.24, 2.45) is 0 Å². The van der Waals surface area contributed by atoms with Crippen molar-refractivity contribution in [3.05, 3.63) is 24.0 Å². The first-order valence-corrected chi connectivity index (χ1v) is 7.61. The van der Waals surface area contributed by atoms with E-state index in [2.05, 4.69) is 17.0 Å². The maximum absolute atomic E-state index is 9.18. The Labute approximate surface area is 127 Å². The van der Waals surface area contributed by atoms with Gasteiger partial charge in [0.25, 0.3) is 0 Å². The predicted octanol–water partition coefficient (Wildman–Crippen LogP) is 2.94. The lowest BCUT2D eigenvalue weighted by Crippen LogP contribution is -2.37. The molecule has 0 saturated heterocycles. The molecule has 21 heavy (non-hydrogen) atoms. The summed E-state index contributed by atoms with van der Waals surface area (Å²) in [6.07, 6.45) is 7.47. The van der Waals surface area contributed by atoms with Crippen LogP contribution < -0.4 is 4.74 Å². The largest absolute Gasteiger partial charge is 0.489 e. The van der Waals surface area contributed by atoms with Crippen LogP contribution in [0.15, 0.2) is 18.3 Å². The molecule has 0 atom stereocenters. The van der Waals surface area contributed by atoms with Crippen LogP contribution in [0.5, 0.6) is 5.75 Å². The van der Waals surface area contributed by atoms with Gasteiger partial charge in [0.05, 0.1) is 12.3 Å². The summed E-state index contributed by atoms with van der Waals surface area (Å²) in [7, 11) is 0. The van der Waals surface area contributed by atoms with Gasteiger partial charge in [0.1, 0.15) is 24.6 Å². The molecule has 0 aliphatic heterocycles. The van der Waals surface area contributed by atoms with Crippen molar-refractivity contribution in [3.63, 3.8) is 0 Å². The topological polar surface area (TPSA) is 51.6 Å². The zero-order chi connectivity index (χ0) is 15.5. The number of hydrogen-bond acceptors (Lipinski definition) is 4. The van der Waals surface area contributed by atoms with Gasteiger partial charge in [-0.05, 0) is 25.0 Å². The first-order chi connectivity index (χ1) is 10.3. The lowest BCUT2D eigenvalue weighted by molar-refractivity contribution is -0.0109. The molecule has 4 nitrogen and oxygen atoms in total. The maximum atomic E-state index is 9.18. The van der Waals surface area contributed by atoms with E-state index in [4.69, 9.17) is 9.47 Å². The van der Waals surface area contributed by atoms with Crippen LogP contribution in [0.1, 0.15) is 45.7 Å². The second-order valence-corrected chi connectivity index (χ2v) is 4.65. The molecule has 1 heterocycles. The first kappa shape index (κ1) is 17.3. The van der Waals surface area contributed by atoms with Crippen molar-refractivity contribution < 1.29 is 14.6 Å². The monoisotopic (exact) mass is 291 g/mol. The molecular formula is C17H25NO3. The Morgan fingerprint density at radius 1 is 1.33 bits per heavy atom. The van der Waals surface area contributed by atoms with E-state index in [0.29, 0.717) is 6.61 Å². The lowest BCUT2D eigenvalue weighted by Gasteiger charge is -2.31. The number of pyridine rings is 1. The summed E-state index contributed by atoms with van der Waals surface area (Å²) in [6, 6.07) is 3.90. The normalized spacial score (nSPS) is 19.2. The third kappa shape index (κ3) is 6.50. The number of aryl methyl sites for hydroxylation is 1. The molecule has 2 rings (SSSR count). The molecule has 0 bridgehead atoms. The van der Waals surface area contributed by atoms with Crippen LogP contribution in [-0.4, -0.2) is 28.9 Å². The second kappa shape index (κ2) is 10.1. The van der Waals surface area contributed by atoms with Crippen molar-refractivity contribution in [1.29, 1.82) is 0 Å². The molecular weight excluding hydrogens is 266 g/mol. The van der Waals surface area contributed by atoms with Gasteiger partial charge in [0.2, 0.25) is 0 Å². The molecule has 1 saturated carbocycles. The number of hydrogen-bond donors (Lipinski definition) is 1. The fourth-order valence-corrected chi connectivity index (χ4v) is 1.90. The molecule has 1 aromatic rings. The van der Waals surface area contributed by atoms with E-state index in [9.17, 15) is 5.11 Å². The highest BCUT2D eigenvalue weighted by atomic mass is 16.5. The van der Waals surface area contributed by atoms with Crippen molar-refractivity contribution in [1.82, 2.24) is 4.98 Å². The average molecular weight is 291 g/mol. The Kier molecular flexibility index (Phi) is 8.30. The van der Waals surface area contributed by atoms with E-state index in [-0.39, 0.29) is 12.2 Å². The fourth-order valence-electron chi connectivity index (χ4n) is 1.90. The Morgan fingerprint density at radius 2 is 2.10 bits per heavy atom. The molecule has 0 radical (unpaired) electrons. The van der Waals surface area contributed by atoms with Crippen LogP contribution in [0.25, 0.3) is 0 Å². The summed E-state index contributed by atoms with van der Waals surface area (Å²) in [5.74, 6) is 3.46. The zero-order valence-corrected chi connectivity index (χ0v) is 13.1. The molecule has 4 heteroatoms. The zero-order valence-electron chi connectivity index (χ0n) is 13.1. The molecule has 1 N–H and O–H groups in total. The first-order valence-electron chi connectivity index (χ1n) is 7.61. The summed E-state index contributed by atoms with van der Waals surface area (Å²) in [6.45, 7) is 6.38. The van der Waals surface area contributed by atoms with Gasteiger partial charge in [-0.15, -0.1) is 0 Å². The summed E-state index contributed by atoms with van der Waals surface area (Å²) in [5.41, 5.74) is 1.02. The van der Waals surface area contributed by atoms with E-state index >= 15 is 0 Å². The molecule has 1 fully saturated rings. The highest BCUT2D eigenvalue weighted by molar-refractivity contribution is 5.20. The summed E-state index contributed by atoms with van der Waals surface area (Å²) in [5, 5.41) is 9.18. The predicted molar refractivity (Wildman–Crippen MR) is 83.0 cm³/mol. The maximum Gasteiger partial charge on any atom is 0.138 e. The fraction of sp³-hybridized carbons (Fsp3) is 0.588. The second-order valence-electron chi connectivity index (χ2n) is 4.65. The van der Waals surface area contributed by atoms with Gasteiger partial charge >= 0.3 is 0 Å². The van der Waals surface area contributed by atoms with E-state index in [1.165, 1.54) is 0 Å². The van der Waals surface area contributed by atoms with Gasteiger partial charge in [-0.3, -0.25) is 4.98 Å². The Balaban J connectivity index is 0.00000106. The molecule has 0 aromatic carbocycles. The molecule has 116 valence electrons. The van der Waals surface area contributed by atoms with Gasteiger partial charge < -0.3 is 14.6 Å². The Hall–Kier alpha value is -1.73. The van der Waals surface area contributed by atoms with E-state index < -0.39 is 0 Å². The van der Waals surface area contributed by atoms with Gasteiger partial charge in [-0.1, -0.05) is 19.8 Å². The smallest absolute Gasteiger partial charge is 0.138 e. The van der Waals surface area contributed by atoms with Gasteiger partial charge in [0, 0.05) is 25.5 Å². The summed E-state index contributed by atoms with van der Waals surface area (Å²) in [4.78, 5) is 4.35. The number of aliphatic hydroxyl groups excluding tert-OH is 1. The Morgan fingerprint density at radius 3 is 2.67 bits per heavy atom. The number of aliphatic hydroxyl groups is 1. The van der Waals surface area contributed by atoms with Crippen LogP contribution in [0.4, 0.5) is 0 Å². The van der Waals surface area contributed by atoms with Crippen molar-refractivity contribution in [2.45, 2.75) is 58.7 Å². The van der Waals surface area contributed by atoms with Crippen LogP contribution >= 0.6 is 0 Å². The van der Waals surface area contributed by atoms with E-state index in [0.717, 1.165) is 37.1 Å². The van der Waals surface area contributed by atoms with Crippen molar-refractivity contribution in [3.8, 4) is 17.8 Å². The minimum atomic E-state index is -0.191. The van der Waals surface area contributed by atoms with Crippen LogP contribution in [0.3, 0.4) is 0 Å². The third-order valence-corrected chi connectivity index (χ3v) is 3.02. The number of ether oxygens (including phenoxy) is 2. The quantitative estimate of drug-likeness (QED) is 0.647. The standard InChI is InChI=1S/C15H19NO3.C2H6/c1-2-7-18-8-3-4-12-5-6-14(11-16-12)19-15-9-13(17)10-15;1-2/h5-6,11,13,15,17H,3-4,8-10H2,1H3;1-2H3. The SMILES string of the molecule is CC.CC#COCCCc1ccc(OC2CC(O)C2)cn1. The van der Waals surface area contributed by atoms with Crippen LogP contribution in [-0.2, 0) is 11.2 Å². The van der Waals surface area contributed by atoms with Crippen LogP contribution in [0.2, 0.25) is 0 Å². The highest BCUT2D eigenvalue weighted by Crippen LogP contribution is 2.25. The van der Waals surface area contributed by atoms with Crippen molar-refractivity contribution in [2.75, 3.05) is 6.61 Å². The molecule has 1 aliphatic rings.